The fraction of sp³-hybridized carbons (Fsp3) is 0.867. The van der Waals surface area contributed by atoms with E-state index in [1.807, 2.05) is 13.8 Å². The predicted octanol–water partition coefficient (Wildman–Crippen LogP) is 1.47. The maximum Gasteiger partial charge on any atom is 0.326 e. The molecule has 0 aromatic carbocycles. The van der Waals surface area contributed by atoms with Gasteiger partial charge in [0.2, 0.25) is 0 Å². The molecule has 1 heterocycles. The summed E-state index contributed by atoms with van der Waals surface area (Å²) in [5.74, 6) is -0.113. The third-order valence-electron chi connectivity index (χ3n) is 3.59. The lowest BCUT2D eigenvalue weighted by Gasteiger charge is -2.36. The summed E-state index contributed by atoms with van der Waals surface area (Å²) in [6, 6.07) is -1.06. The lowest BCUT2D eigenvalue weighted by Crippen LogP contribution is -2.55. The van der Waals surface area contributed by atoms with E-state index in [-0.39, 0.29) is 11.9 Å². The van der Waals surface area contributed by atoms with E-state index in [4.69, 9.17) is 5.11 Å². The van der Waals surface area contributed by atoms with Crippen LogP contribution in [0.5, 0.6) is 0 Å². The van der Waals surface area contributed by atoms with Gasteiger partial charge in [0.25, 0.3) is 0 Å². The number of rotatable bonds is 6. The van der Waals surface area contributed by atoms with Crippen LogP contribution in [0, 0.1) is 11.8 Å². The minimum absolute atomic E-state index is 0.231. The highest BCUT2D eigenvalue weighted by molar-refractivity contribution is 5.82. The van der Waals surface area contributed by atoms with Crippen LogP contribution < -0.4 is 5.32 Å². The molecule has 1 saturated heterocycles. The van der Waals surface area contributed by atoms with Gasteiger partial charge < -0.3 is 15.3 Å². The molecule has 0 aromatic heterocycles. The van der Waals surface area contributed by atoms with Gasteiger partial charge in [0.1, 0.15) is 6.04 Å². The second-order valence-electron chi connectivity index (χ2n) is 6.65. The van der Waals surface area contributed by atoms with Crippen molar-refractivity contribution in [3.63, 3.8) is 0 Å². The molecule has 2 N–H and O–H groups in total. The summed E-state index contributed by atoms with van der Waals surface area (Å²) in [6.45, 7) is 12.3. The lowest BCUT2D eigenvalue weighted by atomic mass is 10.0. The first kappa shape index (κ1) is 17.8. The Morgan fingerprint density at radius 3 is 2.05 bits per heavy atom. The number of nitrogens with zero attached hydrogens (tertiary/aromatic N) is 2. The number of nitrogens with one attached hydrogen (secondary N) is 1. The van der Waals surface area contributed by atoms with E-state index in [0.29, 0.717) is 25.4 Å². The van der Waals surface area contributed by atoms with Crippen molar-refractivity contribution in [2.45, 2.75) is 40.2 Å². The third-order valence-corrected chi connectivity index (χ3v) is 3.59. The van der Waals surface area contributed by atoms with Gasteiger partial charge in [0.05, 0.1) is 0 Å². The highest BCUT2D eigenvalue weighted by Crippen LogP contribution is 2.08. The molecular weight excluding hydrogens is 270 g/mol. The zero-order valence-corrected chi connectivity index (χ0v) is 13.6. The molecule has 0 aromatic rings. The Bertz CT molecular complexity index is 350. The lowest BCUT2D eigenvalue weighted by molar-refractivity contribution is -0.139. The van der Waals surface area contributed by atoms with Gasteiger partial charge >= 0.3 is 12.0 Å². The monoisotopic (exact) mass is 299 g/mol. The molecule has 2 amide bonds. The van der Waals surface area contributed by atoms with Gasteiger partial charge in [-0.2, -0.15) is 0 Å². The summed E-state index contributed by atoms with van der Waals surface area (Å²) in [7, 11) is 0. The van der Waals surface area contributed by atoms with E-state index >= 15 is 0 Å². The molecule has 0 saturated carbocycles. The van der Waals surface area contributed by atoms with Crippen LogP contribution >= 0.6 is 0 Å². The van der Waals surface area contributed by atoms with Crippen LogP contribution in [0.2, 0.25) is 0 Å². The standard InChI is InChI=1S/C15H29N3O3/c1-11(2)9-13(14(19)20)16-15(21)18-7-5-17(6-8-18)10-12(3)4/h11-13H,5-10H2,1-4H3,(H,16,21)(H,19,20)/t13-/m1/s1. The van der Waals surface area contributed by atoms with Crippen molar-refractivity contribution in [3.8, 4) is 0 Å². The minimum atomic E-state index is -0.963. The molecular formula is C15H29N3O3. The Kier molecular flexibility index (Phi) is 6.95. The van der Waals surface area contributed by atoms with Crippen LogP contribution in [0.25, 0.3) is 0 Å². The fourth-order valence-corrected chi connectivity index (χ4v) is 2.58. The number of carbonyl (C=O) groups is 2. The summed E-state index contributed by atoms with van der Waals surface area (Å²) < 4.78 is 0. The van der Waals surface area contributed by atoms with E-state index < -0.39 is 12.0 Å². The highest BCUT2D eigenvalue weighted by Gasteiger charge is 2.26. The Labute approximate surface area is 127 Å². The number of hydrogen-bond donors (Lipinski definition) is 2. The molecule has 0 spiro atoms. The van der Waals surface area contributed by atoms with Crippen molar-refractivity contribution in [1.82, 2.24) is 15.1 Å². The van der Waals surface area contributed by atoms with Crippen LogP contribution in [0.4, 0.5) is 4.79 Å². The molecule has 6 nitrogen and oxygen atoms in total. The molecule has 21 heavy (non-hydrogen) atoms. The Balaban J connectivity index is 2.44. The SMILES string of the molecule is CC(C)C[C@@H](NC(=O)N1CCN(CC(C)C)CC1)C(=O)O. The maximum atomic E-state index is 12.2. The molecule has 122 valence electrons. The van der Waals surface area contributed by atoms with Crippen LogP contribution in [0.15, 0.2) is 0 Å². The van der Waals surface area contributed by atoms with Crippen molar-refractivity contribution in [2.24, 2.45) is 11.8 Å². The minimum Gasteiger partial charge on any atom is -0.480 e. The molecule has 1 aliphatic rings. The van der Waals surface area contributed by atoms with Gasteiger partial charge in [-0.05, 0) is 18.3 Å². The summed E-state index contributed by atoms with van der Waals surface area (Å²) >= 11 is 0. The number of carboxylic acid groups (broad SMARTS) is 1. The van der Waals surface area contributed by atoms with E-state index in [9.17, 15) is 9.59 Å². The largest absolute Gasteiger partial charge is 0.480 e. The van der Waals surface area contributed by atoms with Crippen LogP contribution in [-0.4, -0.2) is 65.7 Å². The summed E-state index contributed by atoms with van der Waals surface area (Å²) in [5, 5.41) is 11.8. The molecule has 1 aliphatic heterocycles. The highest BCUT2D eigenvalue weighted by atomic mass is 16.4. The first-order valence-electron chi connectivity index (χ1n) is 7.80. The second-order valence-corrected chi connectivity index (χ2v) is 6.65. The van der Waals surface area contributed by atoms with E-state index in [0.717, 1.165) is 19.6 Å². The number of carboxylic acids is 1. The van der Waals surface area contributed by atoms with Gasteiger partial charge in [0.15, 0.2) is 0 Å². The quantitative estimate of drug-likeness (QED) is 0.779. The molecule has 0 aliphatic carbocycles. The molecule has 1 fully saturated rings. The summed E-state index contributed by atoms with van der Waals surface area (Å²) in [5.41, 5.74) is 0. The van der Waals surface area contributed by atoms with Crippen molar-refractivity contribution in [2.75, 3.05) is 32.7 Å². The molecule has 1 atom stereocenters. The number of hydrogen-bond acceptors (Lipinski definition) is 3. The Hall–Kier alpha value is -1.30. The number of urea groups is 1. The van der Waals surface area contributed by atoms with Crippen LogP contribution in [0.1, 0.15) is 34.1 Å². The van der Waals surface area contributed by atoms with E-state index in [1.165, 1.54) is 0 Å². The number of amides is 2. The smallest absolute Gasteiger partial charge is 0.326 e. The molecule has 6 heteroatoms. The molecule has 0 bridgehead atoms. The first-order valence-corrected chi connectivity index (χ1v) is 7.80. The van der Waals surface area contributed by atoms with Crippen molar-refractivity contribution in [3.05, 3.63) is 0 Å². The van der Waals surface area contributed by atoms with E-state index in [2.05, 4.69) is 24.1 Å². The van der Waals surface area contributed by atoms with Crippen LogP contribution in [-0.2, 0) is 4.79 Å². The first-order chi connectivity index (χ1) is 9.79. The zero-order chi connectivity index (χ0) is 16.0. The number of carbonyl (C=O) groups excluding carboxylic acids is 1. The van der Waals surface area contributed by atoms with Gasteiger partial charge in [-0.15, -0.1) is 0 Å². The summed E-state index contributed by atoms with van der Waals surface area (Å²) in [6.07, 6.45) is 0.453. The molecule has 0 radical (unpaired) electrons. The third kappa shape index (κ3) is 6.33. The average Bonchev–Trinajstić information content (AvgIpc) is 2.37. The van der Waals surface area contributed by atoms with Gasteiger partial charge in [-0.3, -0.25) is 4.90 Å². The second kappa shape index (κ2) is 8.22. The Morgan fingerprint density at radius 1 is 1.05 bits per heavy atom. The predicted molar refractivity (Wildman–Crippen MR) is 82.3 cm³/mol. The van der Waals surface area contributed by atoms with Crippen molar-refractivity contribution in [1.29, 1.82) is 0 Å². The van der Waals surface area contributed by atoms with Crippen molar-refractivity contribution >= 4 is 12.0 Å². The molecule has 1 rings (SSSR count). The normalized spacial score (nSPS) is 18.1. The average molecular weight is 299 g/mol. The maximum absolute atomic E-state index is 12.2. The molecule has 0 unspecified atom stereocenters. The Morgan fingerprint density at radius 2 is 1.62 bits per heavy atom. The van der Waals surface area contributed by atoms with Crippen LogP contribution in [0.3, 0.4) is 0 Å². The fourth-order valence-electron chi connectivity index (χ4n) is 2.58. The number of piperazine rings is 1. The number of aliphatic carboxylic acids is 1. The summed E-state index contributed by atoms with van der Waals surface area (Å²) in [4.78, 5) is 27.4. The topological polar surface area (TPSA) is 72.9 Å². The zero-order valence-electron chi connectivity index (χ0n) is 13.6. The van der Waals surface area contributed by atoms with Gasteiger partial charge in [-0.25, -0.2) is 9.59 Å². The van der Waals surface area contributed by atoms with E-state index in [1.54, 1.807) is 4.90 Å². The van der Waals surface area contributed by atoms with Gasteiger partial charge in [0, 0.05) is 32.7 Å². The van der Waals surface area contributed by atoms with Gasteiger partial charge in [-0.1, -0.05) is 27.7 Å². The van der Waals surface area contributed by atoms with Crippen molar-refractivity contribution < 1.29 is 14.7 Å².